The van der Waals surface area contributed by atoms with Crippen molar-refractivity contribution in [3.63, 3.8) is 0 Å². The number of hydrogen-bond acceptors (Lipinski definition) is 3. The van der Waals surface area contributed by atoms with Gasteiger partial charge >= 0.3 is 5.97 Å². The van der Waals surface area contributed by atoms with Gasteiger partial charge in [0.1, 0.15) is 5.69 Å². The van der Waals surface area contributed by atoms with Gasteiger partial charge in [0.15, 0.2) is 0 Å². The number of pyridine rings is 2. The Labute approximate surface area is 146 Å². The lowest BCUT2D eigenvalue weighted by Gasteiger charge is -2.20. The second-order valence-electron chi connectivity index (χ2n) is 6.54. The van der Waals surface area contributed by atoms with E-state index >= 15 is 0 Å². The highest BCUT2D eigenvalue weighted by Gasteiger charge is 2.28. The fourth-order valence-electron chi connectivity index (χ4n) is 2.57. The Kier molecular flexibility index (Phi) is 4.49. The van der Waals surface area contributed by atoms with E-state index in [1.807, 2.05) is 42.5 Å². The largest absolute Gasteiger partial charge is 0.481 e. The second kappa shape index (κ2) is 6.74. The van der Waals surface area contributed by atoms with Crippen LogP contribution in [0, 0.1) is 17.3 Å². The first-order chi connectivity index (χ1) is 12.0. The van der Waals surface area contributed by atoms with Gasteiger partial charge in [0.25, 0.3) is 0 Å². The van der Waals surface area contributed by atoms with Crippen LogP contribution < -0.4 is 0 Å². The van der Waals surface area contributed by atoms with E-state index in [2.05, 4.69) is 21.8 Å². The lowest BCUT2D eigenvalue weighted by Crippen LogP contribution is -2.26. The second-order valence-corrected chi connectivity index (χ2v) is 6.54. The fraction of sp³-hybridized carbons (Fsp3) is 0.190. The highest BCUT2D eigenvalue weighted by atomic mass is 16.4. The average Bonchev–Trinajstić information content (AvgIpc) is 2.60. The number of carboxylic acids is 1. The molecule has 0 aliphatic heterocycles. The summed E-state index contributed by atoms with van der Waals surface area (Å²) in [6.45, 7) is 3.46. The molecule has 0 bridgehead atoms. The molecular formula is C21H18N2O2. The third-order valence-corrected chi connectivity index (χ3v) is 4.03. The molecule has 0 amide bonds. The van der Waals surface area contributed by atoms with Gasteiger partial charge in [-0.15, -0.1) is 0 Å². The smallest absolute Gasteiger partial charge is 0.309 e. The molecule has 0 radical (unpaired) electrons. The highest BCUT2D eigenvalue weighted by molar-refractivity contribution is 5.84. The van der Waals surface area contributed by atoms with Crippen molar-refractivity contribution in [2.45, 2.75) is 20.3 Å². The molecule has 3 aromatic rings. The van der Waals surface area contributed by atoms with Gasteiger partial charge in [-0.2, -0.15) is 0 Å². The van der Waals surface area contributed by atoms with Crippen molar-refractivity contribution < 1.29 is 9.90 Å². The number of rotatable bonds is 3. The average molecular weight is 330 g/mol. The predicted molar refractivity (Wildman–Crippen MR) is 97.1 cm³/mol. The first-order valence-corrected chi connectivity index (χ1v) is 8.00. The molecule has 0 aliphatic carbocycles. The number of hydrogen-bond donors (Lipinski definition) is 1. The summed E-state index contributed by atoms with van der Waals surface area (Å²) >= 11 is 0. The summed E-state index contributed by atoms with van der Waals surface area (Å²) in [5, 5.41) is 10.3. The van der Waals surface area contributed by atoms with Crippen LogP contribution in [0.2, 0.25) is 0 Å². The zero-order valence-electron chi connectivity index (χ0n) is 14.2. The monoisotopic (exact) mass is 330 g/mol. The summed E-state index contributed by atoms with van der Waals surface area (Å²) in [7, 11) is 0. The molecule has 0 saturated heterocycles. The predicted octanol–water partition coefficient (Wildman–Crippen LogP) is 3.68. The molecule has 1 aromatic carbocycles. The van der Waals surface area contributed by atoms with Crippen LogP contribution in [0.3, 0.4) is 0 Å². The van der Waals surface area contributed by atoms with Crippen LogP contribution in [-0.2, 0) is 11.2 Å². The molecule has 0 fully saturated rings. The topological polar surface area (TPSA) is 63.1 Å². The van der Waals surface area contributed by atoms with Crippen LogP contribution in [0.25, 0.3) is 10.9 Å². The molecule has 3 rings (SSSR count). The van der Waals surface area contributed by atoms with Gasteiger partial charge < -0.3 is 5.11 Å². The van der Waals surface area contributed by atoms with Crippen molar-refractivity contribution in [1.82, 2.24) is 9.97 Å². The van der Waals surface area contributed by atoms with E-state index in [0.29, 0.717) is 12.1 Å². The Hall–Kier alpha value is -3.19. The number of aromatic nitrogens is 2. The normalized spacial score (nSPS) is 11.0. The summed E-state index contributed by atoms with van der Waals surface area (Å²) in [4.78, 5) is 20.0. The minimum Gasteiger partial charge on any atom is -0.481 e. The Balaban J connectivity index is 1.95. The van der Waals surface area contributed by atoms with Crippen molar-refractivity contribution in [3.05, 3.63) is 71.7 Å². The highest BCUT2D eigenvalue weighted by Crippen LogP contribution is 2.27. The SMILES string of the molecule is CC(C)(Cc1cccc2nc(C#Cc3cccnc3)ccc12)C(=O)O. The van der Waals surface area contributed by atoms with E-state index in [1.54, 1.807) is 26.2 Å². The van der Waals surface area contributed by atoms with E-state index in [4.69, 9.17) is 0 Å². The molecule has 1 N–H and O–H groups in total. The Bertz CT molecular complexity index is 983. The number of fused-ring (bicyclic) bond motifs is 1. The molecular weight excluding hydrogens is 312 g/mol. The summed E-state index contributed by atoms with van der Waals surface area (Å²) in [5.74, 6) is 5.28. The van der Waals surface area contributed by atoms with E-state index in [1.165, 1.54) is 0 Å². The van der Waals surface area contributed by atoms with Gasteiger partial charge in [-0.3, -0.25) is 9.78 Å². The van der Waals surface area contributed by atoms with Gasteiger partial charge in [-0.1, -0.05) is 18.1 Å². The standard InChI is InChI=1S/C21H18N2O2/c1-21(2,20(24)25)13-16-6-3-7-19-18(16)11-10-17(23-19)9-8-15-5-4-12-22-14-15/h3-7,10-12,14H,13H2,1-2H3,(H,24,25). The van der Waals surface area contributed by atoms with Gasteiger partial charge in [-0.25, -0.2) is 4.98 Å². The lowest BCUT2D eigenvalue weighted by molar-refractivity contribution is -0.146. The molecule has 4 nitrogen and oxygen atoms in total. The van der Waals surface area contributed by atoms with Crippen LogP contribution >= 0.6 is 0 Å². The van der Waals surface area contributed by atoms with E-state index in [0.717, 1.165) is 22.0 Å². The van der Waals surface area contributed by atoms with Gasteiger partial charge in [0.2, 0.25) is 0 Å². The van der Waals surface area contributed by atoms with Gasteiger partial charge in [0.05, 0.1) is 10.9 Å². The van der Waals surface area contributed by atoms with Crippen molar-refractivity contribution in [1.29, 1.82) is 0 Å². The number of nitrogens with zero attached hydrogens (tertiary/aromatic N) is 2. The maximum absolute atomic E-state index is 11.4. The maximum Gasteiger partial charge on any atom is 0.309 e. The molecule has 2 heterocycles. The van der Waals surface area contributed by atoms with Gasteiger partial charge in [0, 0.05) is 23.3 Å². The first kappa shape index (κ1) is 16.7. The quantitative estimate of drug-likeness (QED) is 0.744. The molecule has 0 spiro atoms. The minimum atomic E-state index is -0.826. The molecule has 0 aliphatic rings. The third kappa shape index (κ3) is 3.84. The molecule has 2 aromatic heterocycles. The van der Waals surface area contributed by atoms with Crippen molar-refractivity contribution >= 4 is 16.9 Å². The minimum absolute atomic E-state index is 0.446. The fourth-order valence-corrected chi connectivity index (χ4v) is 2.57. The van der Waals surface area contributed by atoms with Crippen molar-refractivity contribution in [2.24, 2.45) is 5.41 Å². The number of carbonyl (C=O) groups is 1. The maximum atomic E-state index is 11.4. The Morgan fingerprint density at radius 3 is 2.68 bits per heavy atom. The summed E-state index contributed by atoms with van der Waals surface area (Å²) in [5.41, 5.74) is 2.47. The Morgan fingerprint density at radius 2 is 1.96 bits per heavy atom. The molecule has 0 atom stereocenters. The number of carboxylic acid groups (broad SMARTS) is 1. The van der Waals surface area contributed by atoms with Gasteiger partial charge in [-0.05, 0) is 62.1 Å². The summed E-state index contributed by atoms with van der Waals surface area (Å²) < 4.78 is 0. The number of benzene rings is 1. The third-order valence-electron chi connectivity index (χ3n) is 4.03. The zero-order valence-corrected chi connectivity index (χ0v) is 14.2. The van der Waals surface area contributed by atoms with E-state index < -0.39 is 11.4 Å². The molecule has 0 saturated carbocycles. The Morgan fingerprint density at radius 1 is 1.12 bits per heavy atom. The first-order valence-electron chi connectivity index (χ1n) is 8.00. The van der Waals surface area contributed by atoms with Crippen LogP contribution in [0.5, 0.6) is 0 Å². The lowest BCUT2D eigenvalue weighted by atomic mass is 9.84. The van der Waals surface area contributed by atoms with Crippen LogP contribution in [0.15, 0.2) is 54.9 Å². The van der Waals surface area contributed by atoms with E-state index in [-0.39, 0.29) is 0 Å². The van der Waals surface area contributed by atoms with Crippen LogP contribution in [-0.4, -0.2) is 21.0 Å². The summed E-state index contributed by atoms with van der Waals surface area (Å²) in [6, 6.07) is 13.3. The molecule has 4 heteroatoms. The van der Waals surface area contributed by atoms with Crippen molar-refractivity contribution in [3.8, 4) is 11.8 Å². The van der Waals surface area contributed by atoms with Crippen LogP contribution in [0.4, 0.5) is 0 Å². The molecule has 25 heavy (non-hydrogen) atoms. The number of aliphatic carboxylic acids is 1. The molecule has 0 unspecified atom stereocenters. The van der Waals surface area contributed by atoms with Crippen LogP contribution in [0.1, 0.15) is 30.7 Å². The van der Waals surface area contributed by atoms with E-state index in [9.17, 15) is 9.90 Å². The zero-order chi connectivity index (χ0) is 17.9. The van der Waals surface area contributed by atoms with Crippen molar-refractivity contribution in [2.75, 3.05) is 0 Å². The molecule has 124 valence electrons. The summed E-state index contributed by atoms with van der Waals surface area (Å²) in [6.07, 6.45) is 3.86.